The summed E-state index contributed by atoms with van der Waals surface area (Å²) in [4.78, 5) is 18.1. The van der Waals surface area contributed by atoms with Crippen molar-refractivity contribution in [3.8, 4) is 5.75 Å². The first-order valence-corrected chi connectivity index (χ1v) is 8.02. The number of benzene rings is 1. The predicted octanol–water partition coefficient (Wildman–Crippen LogP) is 2.13. The Morgan fingerprint density at radius 3 is 2.95 bits per heavy atom. The fourth-order valence-electron chi connectivity index (χ4n) is 1.87. The zero-order valence-electron chi connectivity index (χ0n) is 13.0. The van der Waals surface area contributed by atoms with E-state index in [2.05, 4.69) is 15.2 Å². The number of methoxy groups -OCH3 is 1. The second-order valence-corrected chi connectivity index (χ2v) is 5.75. The van der Waals surface area contributed by atoms with E-state index in [0.29, 0.717) is 17.5 Å². The summed E-state index contributed by atoms with van der Waals surface area (Å²) in [6.07, 6.45) is 0.803. The van der Waals surface area contributed by atoms with Crippen molar-refractivity contribution in [1.29, 1.82) is 0 Å². The van der Waals surface area contributed by atoms with E-state index < -0.39 is 0 Å². The van der Waals surface area contributed by atoms with E-state index in [0.717, 1.165) is 23.6 Å². The minimum Gasteiger partial charge on any atom is -0.497 e. The van der Waals surface area contributed by atoms with E-state index in [1.54, 1.807) is 19.1 Å². The monoisotopic (exact) mass is 320 g/mol. The van der Waals surface area contributed by atoms with E-state index in [9.17, 15) is 4.79 Å². The van der Waals surface area contributed by atoms with Crippen LogP contribution in [0.5, 0.6) is 5.75 Å². The zero-order chi connectivity index (χ0) is 15.9. The van der Waals surface area contributed by atoms with Crippen LogP contribution in [0, 0.1) is 0 Å². The lowest BCUT2D eigenvalue weighted by atomic mass is 10.2. The van der Waals surface area contributed by atoms with Crippen LogP contribution in [0.3, 0.4) is 0 Å². The van der Waals surface area contributed by atoms with Crippen LogP contribution in [0.4, 0.5) is 0 Å². The molecule has 0 atom stereocenters. The quantitative estimate of drug-likeness (QED) is 0.791. The molecule has 0 aliphatic heterocycles. The maximum atomic E-state index is 12.2. The van der Waals surface area contributed by atoms with E-state index in [-0.39, 0.29) is 5.91 Å². The van der Waals surface area contributed by atoms with Crippen molar-refractivity contribution in [3.05, 3.63) is 35.7 Å². The summed E-state index contributed by atoms with van der Waals surface area (Å²) in [5, 5.41) is 7.52. The molecule has 1 amide bonds. The Morgan fingerprint density at radius 2 is 2.27 bits per heavy atom. The highest BCUT2D eigenvalue weighted by Gasteiger charge is 2.12. The third kappa shape index (κ3) is 4.49. The zero-order valence-corrected chi connectivity index (χ0v) is 13.8. The van der Waals surface area contributed by atoms with Crippen LogP contribution in [0.2, 0.25) is 0 Å². The molecular weight excluding hydrogens is 300 g/mol. The van der Waals surface area contributed by atoms with Crippen molar-refractivity contribution in [1.82, 2.24) is 20.1 Å². The van der Waals surface area contributed by atoms with Crippen molar-refractivity contribution in [3.63, 3.8) is 0 Å². The standard InChI is InChI=1S/C15H20N4O2S/c1-4-13-16-15(18-17-13)22-10-14(20)19(2)9-11-6-5-7-12(8-11)21-3/h5-8H,4,9-10H2,1-3H3,(H,16,17,18). The molecule has 22 heavy (non-hydrogen) atoms. The molecule has 1 aromatic carbocycles. The fourth-order valence-corrected chi connectivity index (χ4v) is 2.63. The number of nitrogens with one attached hydrogen (secondary N) is 1. The number of ether oxygens (including phenoxy) is 1. The van der Waals surface area contributed by atoms with Gasteiger partial charge in [-0.25, -0.2) is 4.98 Å². The van der Waals surface area contributed by atoms with E-state index in [1.807, 2.05) is 31.2 Å². The third-order valence-electron chi connectivity index (χ3n) is 3.15. The Morgan fingerprint density at radius 1 is 1.45 bits per heavy atom. The Balaban J connectivity index is 1.86. The second kappa shape index (κ2) is 7.84. The van der Waals surface area contributed by atoms with Gasteiger partial charge in [-0.1, -0.05) is 30.8 Å². The highest BCUT2D eigenvalue weighted by molar-refractivity contribution is 7.99. The molecule has 0 fully saturated rings. The Labute approximate surface area is 134 Å². The van der Waals surface area contributed by atoms with Gasteiger partial charge in [0.15, 0.2) is 0 Å². The van der Waals surface area contributed by atoms with Gasteiger partial charge >= 0.3 is 0 Å². The summed E-state index contributed by atoms with van der Waals surface area (Å²) in [6, 6.07) is 7.71. The number of aromatic amines is 1. The molecule has 118 valence electrons. The molecule has 0 saturated heterocycles. The molecule has 0 aliphatic carbocycles. The number of rotatable bonds is 7. The smallest absolute Gasteiger partial charge is 0.233 e. The topological polar surface area (TPSA) is 71.1 Å². The largest absolute Gasteiger partial charge is 0.497 e. The number of carbonyl (C=O) groups is 1. The number of thioether (sulfide) groups is 1. The number of amides is 1. The average molecular weight is 320 g/mol. The third-order valence-corrected chi connectivity index (χ3v) is 3.98. The number of nitrogens with zero attached hydrogens (tertiary/aromatic N) is 3. The van der Waals surface area contributed by atoms with Crippen LogP contribution in [0.25, 0.3) is 0 Å². The molecule has 0 radical (unpaired) electrons. The molecule has 1 aromatic heterocycles. The van der Waals surface area contributed by atoms with Gasteiger partial charge in [0.05, 0.1) is 12.9 Å². The molecule has 0 aliphatic rings. The first kappa shape index (κ1) is 16.4. The van der Waals surface area contributed by atoms with Crippen LogP contribution in [-0.2, 0) is 17.8 Å². The molecule has 2 rings (SSSR count). The number of carbonyl (C=O) groups excluding carboxylic acids is 1. The molecule has 1 N–H and O–H groups in total. The molecule has 0 saturated carbocycles. The number of aromatic nitrogens is 3. The molecule has 0 spiro atoms. The van der Waals surface area contributed by atoms with Gasteiger partial charge in [-0.2, -0.15) is 0 Å². The minimum absolute atomic E-state index is 0.0377. The Bertz CT molecular complexity index is 630. The molecule has 6 nitrogen and oxygen atoms in total. The van der Waals surface area contributed by atoms with Crippen molar-refractivity contribution in [2.75, 3.05) is 19.9 Å². The second-order valence-electron chi connectivity index (χ2n) is 4.81. The van der Waals surface area contributed by atoms with E-state index in [1.165, 1.54) is 11.8 Å². The first-order valence-electron chi connectivity index (χ1n) is 7.03. The number of aryl methyl sites for hydroxylation is 1. The van der Waals surface area contributed by atoms with Crippen molar-refractivity contribution >= 4 is 17.7 Å². The summed E-state index contributed by atoms with van der Waals surface area (Å²) in [5.74, 6) is 1.98. The molecule has 0 bridgehead atoms. The summed E-state index contributed by atoms with van der Waals surface area (Å²) in [7, 11) is 3.42. The normalized spacial score (nSPS) is 10.5. The van der Waals surface area contributed by atoms with Crippen LogP contribution >= 0.6 is 11.8 Å². The van der Waals surface area contributed by atoms with Crippen LogP contribution in [0.15, 0.2) is 29.4 Å². The van der Waals surface area contributed by atoms with Gasteiger partial charge < -0.3 is 9.64 Å². The summed E-state index contributed by atoms with van der Waals surface area (Å²) >= 11 is 1.34. The molecular formula is C15H20N4O2S. The summed E-state index contributed by atoms with van der Waals surface area (Å²) in [5.41, 5.74) is 1.03. The average Bonchev–Trinajstić information content (AvgIpc) is 3.00. The number of hydrogen-bond acceptors (Lipinski definition) is 5. The molecule has 2 aromatic rings. The number of hydrogen-bond donors (Lipinski definition) is 1. The molecule has 1 heterocycles. The molecule has 0 unspecified atom stereocenters. The predicted molar refractivity (Wildman–Crippen MR) is 86.0 cm³/mol. The van der Waals surface area contributed by atoms with Gasteiger partial charge in [0.25, 0.3) is 0 Å². The van der Waals surface area contributed by atoms with Gasteiger partial charge in [-0.05, 0) is 17.7 Å². The minimum atomic E-state index is 0.0377. The summed E-state index contributed by atoms with van der Waals surface area (Å²) < 4.78 is 5.19. The van der Waals surface area contributed by atoms with Gasteiger partial charge in [0.1, 0.15) is 11.6 Å². The number of H-pyrrole nitrogens is 1. The van der Waals surface area contributed by atoms with Crippen LogP contribution in [0.1, 0.15) is 18.3 Å². The van der Waals surface area contributed by atoms with E-state index in [4.69, 9.17) is 4.74 Å². The fraction of sp³-hybridized carbons (Fsp3) is 0.400. The summed E-state index contributed by atoms with van der Waals surface area (Å²) in [6.45, 7) is 2.55. The lowest BCUT2D eigenvalue weighted by Gasteiger charge is -2.17. The van der Waals surface area contributed by atoms with Gasteiger partial charge in [-0.3, -0.25) is 9.89 Å². The SMILES string of the molecule is CCc1nc(SCC(=O)N(C)Cc2cccc(OC)c2)n[nH]1. The Hall–Kier alpha value is -2.02. The van der Waals surface area contributed by atoms with Gasteiger partial charge in [0.2, 0.25) is 11.1 Å². The van der Waals surface area contributed by atoms with Crippen molar-refractivity contribution in [2.45, 2.75) is 25.0 Å². The highest BCUT2D eigenvalue weighted by Crippen LogP contribution is 2.16. The Kier molecular flexibility index (Phi) is 5.83. The first-order chi connectivity index (χ1) is 10.6. The highest BCUT2D eigenvalue weighted by atomic mass is 32.2. The van der Waals surface area contributed by atoms with Crippen LogP contribution < -0.4 is 4.74 Å². The maximum Gasteiger partial charge on any atom is 0.233 e. The van der Waals surface area contributed by atoms with Gasteiger partial charge in [-0.15, -0.1) is 5.10 Å². The lowest BCUT2D eigenvalue weighted by Crippen LogP contribution is -2.27. The van der Waals surface area contributed by atoms with Gasteiger partial charge in [0, 0.05) is 20.0 Å². The van der Waals surface area contributed by atoms with Crippen molar-refractivity contribution in [2.24, 2.45) is 0 Å². The molecule has 7 heteroatoms. The van der Waals surface area contributed by atoms with Crippen LogP contribution in [-0.4, -0.2) is 45.9 Å². The lowest BCUT2D eigenvalue weighted by molar-refractivity contribution is -0.127. The van der Waals surface area contributed by atoms with Crippen molar-refractivity contribution < 1.29 is 9.53 Å². The van der Waals surface area contributed by atoms with E-state index >= 15 is 0 Å². The maximum absolute atomic E-state index is 12.2.